The molecule has 1 heterocycles. The van der Waals surface area contributed by atoms with Gasteiger partial charge in [-0.3, -0.25) is 10.8 Å². The maximum atomic E-state index is 13.3. The number of hydrazine groups is 1. The van der Waals surface area contributed by atoms with E-state index in [0.717, 1.165) is 12.1 Å². The minimum atomic E-state index is -0.747. The van der Waals surface area contributed by atoms with Gasteiger partial charge in [-0.05, 0) is 24.3 Å². The third-order valence-corrected chi connectivity index (χ3v) is 2.25. The fraction of sp³-hybridized carbons (Fsp3) is 0.0833. The number of pyridine rings is 1. The van der Waals surface area contributed by atoms with E-state index in [2.05, 4.69) is 10.4 Å². The third-order valence-electron chi connectivity index (χ3n) is 2.25. The van der Waals surface area contributed by atoms with Crippen molar-refractivity contribution in [3.05, 3.63) is 53.9 Å². The first kappa shape index (κ1) is 12.3. The van der Waals surface area contributed by atoms with Crippen molar-refractivity contribution >= 4 is 5.69 Å². The SMILES string of the molecule is NNc1ccnc(COc2ccc(F)cc2F)c1. The van der Waals surface area contributed by atoms with Crippen molar-refractivity contribution in [3.8, 4) is 5.75 Å². The molecule has 0 aliphatic heterocycles. The Morgan fingerprint density at radius 1 is 1.22 bits per heavy atom. The normalized spacial score (nSPS) is 10.2. The molecule has 0 amide bonds. The van der Waals surface area contributed by atoms with Crippen molar-refractivity contribution in [3.63, 3.8) is 0 Å². The molecule has 0 aliphatic carbocycles. The molecule has 0 aliphatic rings. The predicted octanol–water partition coefficient (Wildman–Crippen LogP) is 2.22. The van der Waals surface area contributed by atoms with Gasteiger partial charge in [0, 0.05) is 12.3 Å². The lowest BCUT2D eigenvalue weighted by molar-refractivity contribution is 0.285. The topological polar surface area (TPSA) is 60.2 Å². The molecule has 0 fully saturated rings. The van der Waals surface area contributed by atoms with Crippen LogP contribution in [0.15, 0.2) is 36.5 Å². The van der Waals surface area contributed by atoms with E-state index in [0.29, 0.717) is 11.4 Å². The Balaban J connectivity index is 2.06. The van der Waals surface area contributed by atoms with Crippen LogP contribution in [0.1, 0.15) is 5.69 Å². The number of rotatable bonds is 4. The van der Waals surface area contributed by atoms with Crippen molar-refractivity contribution in [1.82, 2.24) is 4.98 Å². The maximum Gasteiger partial charge on any atom is 0.167 e. The third kappa shape index (κ3) is 2.92. The maximum absolute atomic E-state index is 13.3. The van der Waals surface area contributed by atoms with Crippen LogP contribution < -0.4 is 16.0 Å². The number of hydrogen-bond donors (Lipinski definition) is 2. The van der Waals surface area contributed by atoms with Crippen molar-refractivity contribution in [1.29, 1.82) is 0 Å². The first-order chi connectivity index (χ1) is 8.69. The van der Waals surface area contributed by atoms with Crippen molar-refractivity contribution in [2.45, 2.75) is 6.61 Å². The molecule has 0 radical (unpaired) electrons. The fourth-order valence-electron chi connectivity index (χ4n) is 1.39. The summed E-state index contributed by atoms with van der Waals surface area (Å²) in [7, 11) is 0. The van der Waals surface area contributed by atoms with Crippen LogP contribution in [0, 0.1) is 11.6 Å². The second-order valence-electron chi connectivity index (χ2n) is 3.54. The van der Waals surface area contributed by atoms with Crippen LogP contribution in [0.2, 0.25) is 0 Å². The number of anilines is 1. The Kier molecular flexibility index (Phi) is 3.69. The van der Waals surface area contributed by atoms with Crippen molar-refractivity contribution in [2.75, 3.05) is 5.43 Å². The van der Waals surface area contributed by atoms with Crippen LogP contribution in [-0.2, 0) is 6.61 Å². The summed E-state index contributed by atoms with van der Waals surface area (Å²) in [6.45, 7) is 0.0675. The van der Waals surface area contributed by atoms with Crippen LogP contribution in [0.25, 0.3) is 0 Å². The number of nitrogen functional groups attached to an aromatic ring is 1. The second-order valence-corrected chi connectivity index (χ2v) is 3.54. The molecule has 2 rings (SSSR count). The number of nitrogens with zero attached hydrogens (tertiary/aromatic N) is 1. The van der Waals surface area contributed by atoms with Gasteiger partial charge in [0.15, 0.2) is 11.6 Å². The van der Waals surface area contributed by atoms with E-state index in [-0.39, 0.29) is 12.4 Å². The zero-order valence-corrected chi connectivity index (χ0v) is 9.36. The molecule has 94 valence electrons. The number of nitrogens with one attached hydrogen (secondary N) is 1. The molecule has 0 unspecified atom stereocenters. The largest absolute Gasteiger partial charge is 0.484 e. The summed E-state index contributed by atoms with van der Waals surface area (Å²) in [5.41, 5.74) is 3.71. The minimum absolute atomic E-state index is 0.0238. The van der Waals surface area contributed by atoms with Crippen LogP contribution >= 0.6 is 0 Å². The molecule has 4 nitrogen and oxygen atoms in total. The highest BCUT2D eigenvalue weighted by Gasteiger charge is 2.05. The highest BCUT2D eigenvalue weighted by atomic mass is 19.1. The van der Waals surface area contributed by atoms with Gasteiger partial charge in [-0.2, -0.15) is 0 Å². The van der Waals surface area contributed by atoms with Crippen LogP contribution in [0.5, 0.6) is 5.75 Å². The number of nitrogens with two attached hydrogens (primary N) is 1. The molecular formula is C12H11F2N3O. The summed E-state index contributed by atoms with van der Waals surface area (Å²) in [4.78, 5) is 4.03. The lowest BCUT2D eigenvalue weighted by Gasteiger charge is -2.07. The van der Waals surface area contributed by atoms with E-state index >= 15 is 0 Å². The first-order valence-electron chi connectivity index (χ1n) is 5.18. The lowest BCUT2D eigenvalue weighted by atomic mass is 10.3. The second kappa shape index (κ2) is 5.42. The van der Waals surface area contributed by atoms with E-state index in [1.54, 1.807) is 18.3 Å². The van der Waals surface area contributed by atoms with E-state index in [4.69, 9.17) is 10.6 Å². The molecule has 0 saturated carbocycles. The molecule has 0 atom stereocenters. The van der Waals surface area contributed by atoms with Gasteiger partial charge in [0.1, 0.15) is 12.4 Å². The Bertz CT molecular complexity index is 549. The van der Waals surface area contributed by atoms with Gasteiger partial charge in [-0.1, -0.05) is 0 Å². The van der Waals surface area contributed by atoms with Gasteiger partial charge in [0.2, 0.25) is 0 Å². The summed E-state index contributed by atoms with van der Waals surface area (Å²) in [5.74, 6) is 3.83. The van der Waals surface area contributed by atoms with E-state index < -0.39 is 11.6 Å². The molecule has 6 heteroatoms. The molecule has 0 bridgehead atoms. The minimum Gasteiger partial charge on any atom is -0.484 e. The van der Waals surface area contributed by atoms with Gasteiger partial charge in [-0.15, -0.1) is 0 Å². The molecule has 1 aromatic carbocycles. The van der Waals surface area contributed by atoms with Gasteiger partial charge in [0.25, 0.3) is 0 Å². The summed E-state index contributed by atoms with van der Waals surface area (Å²) >= 11 is 0. The summed E-state index contributed by atoms with van der Waals surface area (Å²) in [5, 5.41) is 0. The molecule has 1 aromatic heterocycles. The molecule has 3 N–H and O–H groups in total. The van der Waals surface area contributed by atoms with Gasteiger partial charge in [0.05, 0.1) is 11.4 Å². The van der Waals surface area contributed by atoms with Crippen LogP contribution in [0.4, 0.5) is 14.5 Å². The smallest absolute Gasteiger partial charge is 0.167 e. The molecule has 0 saturated heterocycles. The first-order valence-corrected chi connectivity index (χ1v) is 5.18. The molecule has 18 heavy (non-hydrogen) atoms. The van der Waals surface area contributed by atoms with Gasteiger partial charge < -0.3 is 10.2 Å². The zero-order chi connectivity index (χ0) is 13.0. The standard InChI is InChI=1S/C12H11F2N3O/c13-8-1-2-12(11(14)5-8)18-7-10-6-9(17-15)3-4-16-10/h1-6H,7,15H2,(H,16,17). The number of benzene rings is 1. The Morgan fingerprint density at radius 2 is 2.06 bits per heavy atom. The fourth-order valence-corrected chi connectivity index (χ4v) is 1.39. The predicted molar refractivity (Wildman–Crippen MR) is 62.7 cm³/mol. The monoisotopic (exact) mass is 251 g/mol. The summed E-state index contributed by atoms with van der Waals surface area (Å²) < 4.78 is 31.2. The average Bonchev–Trinajstić information content (AvgIpc) is 2.38. The lowest BCUT2D eigenvalue weighted by Crippen LogP contribution is -2.08. The van der Waals surface area contributed by atoms with E-state index in [1.807, 2.05) is 0 Å². The average molecular weight is 251 g/mol. The van der Waals surface area contributed by atoms with E-state index in [1.165, 1.54) is 6.07 Å². The molecule has 2 aromatic rings. The van der Waals surface area contributed by atoms with Crippen LogP contribution in [-0.4, -0.2) is 4.98 Å². The highest BCUT2D eigenvalue weighted by Crippen LogP contribution is 2.19. The van der Waals surface area contributed by atoms with E-state index in [9.17, 15) is 8.78 Å². The summed E-state index contributed by atoms with van der Waals surface area (Å²) in [6.07, 6.45) is 1.55. The Labute approximate surface area is 102 Å². The van der Waals surface area contributed by atoms with Crippen molar-refractivity contribution in [2.24, 2.45) is 5.84 Å². The number of aromatic nitrogens is 1. The van der Waals surface area contributed by atoms with Gasteiger partial charge >= 0.3 is 0 Å². The number of ether oxygens (including phenoxy) is 1. The van der Waals surface area contributed by atoms with Crippen LogP contribution in [0.3, 0.4) is 0 Å². The quantitative estimate of drug-likeness (QED) is 0.646. The van der Waals surface area contributed by atoms with Crippen molar-refractivity contribution < 1.29 is 13.5 Å². The molecule has 0 spiro atoms. The Morgan fingerprint density at radius 3 is 2.78 bits per heavy atom. The highest BCUT2D eigenvalue weighted by molar-refractivity contribution is 5.41. The van der Waals surface area contributed by atoms with Gasteiger partial charge in [-0.25, -0.2) is 8.78 Å². The number of halogens is 2. The Hall–Kier alpha value is -2.21. The number of hydrogen-bond acceptors (Lipinski definition) is 4. The zero-order valence-electron chi connectivity index (χ0n) is 9.36. The summed E-state index contributed by atoms with van der Waals surface area (Å²) in [6, 6.07) is 6.48. The molecular weight excluding hydrogens is 240 g/mol.